The molecule has 0 spiro atoms. The van der Waals surface area contributed by atoms with E-state index in [9.17, 15) is 9.59 Å². The first-order chi connectivity index (χ1) is 15.7. The third-order valence-corrected chi connectivity index (χ3v) is 5.84. The third kappa shape index (κ3) is 4.01. The summed E-state index contributed by atoms with van der Waals surface area (Å²) >= 11 is 1.38. The number of imidazole rings is 1. The maximum Gasteiger partial charge on any atom is 0.265 e. The van der Waals surface area contributed by atoms with Gasteiger partial charge in [-0.15, -0.1) is 11.3 Å². The molecule has 156 valence electrons. The number of thiophene rings is 1. The SMILES string of the molecule is O=C(Nc1ccccc1-c1nc2ccccc2[nH]1)c1ccc(NC(=O)c2cccs2)cc1. The molecule has 2 heterocycles. The van der Waals surface area contributed by atoms with Crippen LogP contribution in [0, 0.1) is 0 Å². The highest BCUT2D eigenvalue weighted by Gasteiger charge is 2.13. The number of para-hydroxylation sites is 3. The highest BCUT2D eigenvalue weighted by Crippen LogP contribution is 2.28. The van der Waals surface area contributed by atoms with E-state index in [1.54, 1.807) is 30.3 Å². The molecule has 3 aromatic carbocycles. The Labute approximate surface area is 188 Å². The van der Waals surface area contributed by atoms with Crippen LogP contribution in [0.1, 0.15) is 20.0 Å². The molecule has 0 fully saturated rings. The van der Waals surface area contributed by atoms with Crippen LogP contribution in [-0.4, -0.2) is 21.8 Å². The Morgan fingerprint density at radius 2 is 1.56 bits per heavy atom. The van der Waals surface area contributed by atoms with E-state index in [0.29, 0.717) is 27.6 Å². The van der Waals surface area contributed by atoms with Gasteiger partial charge in [0.05, 0.1) is 21.6 Å². The highest BCUT2D eigenvalue weighted by atomic mass is 32.1. The number of nitrogens with zero attached hydrogens (tertiary/aromatic N) is 1. The molecule has 32 heavy (non-hydrogen) atoms. The predicted molar refractivity (Wildman–Crippen MR) is 128 cm³/mol. The fraction of sp³-hybridized carbons (Fsp3) is 0. The van der Waals surface area contributed by atoms with E-state index < -0.39 is 0 Å². The van der Waals surface area contributed by atoms with Crippen molar-refractivity contribution in [2.75, 3.05) is 10.6 Å². The molecule has 0 saturated carbocycles. The predicted octanol–water partition coefficient (Wildman–Crippen LogP) is 5.80. The second kappa shape index (κ2) is 8.49. The van der Waals surface area contributed by atoms with Gasteiger partial charge in [-0.05, 0) is 60.0 Å². The topological polar surface area (TPSA) is 86.9 Å². The minimum absolute atomic E-state index is 0.169. The molecule has 5 aromatic rings. The van der Waals surface area contributed by atoms with Crippen LogP contribution in [0.4, 0.5) is 11.4 Å². The van der Waals surface area contributed by atoms with E-state index in [1.807, 2.05) is 60.0 Å². The standard InChI is InChI=1S/C25H18N4O2S/c30-24(16-11-13-17(14-12-16)26-25(31)22-10-5-15-32-22)29-19-7-2-1-6-18(19)23-27-20-8-3-4-9-21(20)28-23/h1-15H,(H,26,31)(H,27,28)(H,29,30). The number of H-pyrrole nitrogens is 1. The monoisotopic (exact) mass is 438 g/mol. The van der Waals surface area contributed by atoms with Gasteiger partial charge in [-0.2, -0.15) is 0 Å². The lowest BCUT2D eigenvalue weighted by Gasteiger charge is -2.10. The van der Waals surface area contributed by atoms with Crippen LogP contribution in [0.3, 0.4) is 0 Å². The Balaban J connectivity index is 1.33. The van der Waals surface area contributed by atoms with E-state index in [-0.39, 0.29) is 11.8 Å². The van der Waals surface area contributed by atoms with Crippen LogP contribution >= 0.6 is 11.3 Å². The summed E-state index contributed by atoms with van der Waals surface area (Å²) in [7, 11) is 0. The van der Waals surface area contributed by atoms with Crippen molar-refractivity contribution in [1.29, 1.82) is 0 Å². The van der Waals surface area contributed by atoms with Crippen molar-refractivity contribution >= 4 is 45.6 Å². The lowest BCUT2D eigenvalue weighted by molar-refractivity contribution is 0.102. The Morgan fingerprint density at radius 3 is 2.34 bits per heavy atom. The van der Waals surface area contributed by atoms with Gasteiger partial charge in [-0.3, -0.25) is 9.59 Å². The molecule has 2 amide bonds. The summed E-state index contributed by atoms with van der Waals surface area (Å²) in [5.41, 5.74) is 4.37. The second-order valence-electron chi connectivity index (χ2n) is 7.11. The summed E-state index contributed by atoms with van der Waals surface area (Å²) in [4.78, 5) is 33.6. The first kappa shape index (κ1) is 19.7. The molecule has 0 aliphatic carbocycles. The number of amides is 2. The van der Waals surface area contributed by atoms with Crippen LogP contribution in [0.15, 0.2) is 90.3 Å². The second-order valence-corrected chi connectivity index (χ2v) is 8.06. The van der Waals surface area contributed by atoms with E-state index in [0.717, 1.165) is 16.6 Å². The fourth-order valence-corrected chi connectivity index (χ4v) is 4.00. The van der Waals surface area contributed by atoms with Gasteiger partial charge in [-0.25, -0.2) is 4.98 Å². The molecule has 0 unspecified atom stereocenters. The largest absolute Gasteiger partial charge is 0.338 e. The Hall–Kier alpha value is -4.23. The molecule has 0 radical (unpaired) electrons. The van der Waals surface area contributed by atoms with E-state index >= 15 is 0 Å². The Morgan fingerprint density at radius 1 is 0.781 bits per heavy atom. The van der Waals surface area contributed by atoms with Crippen LogP contribution < -0.4 is 10.6 Å². The summed E-state index contributed by atoms with van der Waals surface area (Å²) < 4.78 is 0. The molecular formula is C25H18N4O2S. The zero-order chi connectivity index (χ0) is 21.9. The quantitative estimate of drug-likeness (QED) is 0.324. The van der Waals surface area contributed by atoms with Crippen LogP contribution in [0.25, 0.3) is 22.4 Å². The maximum atomic E-state index is 12.9. The van der Waals surface area contributed by atoms with Gasteiger partial charge in [0.25, 0.3) is 11.8 Å². The number of anilines is 2. The molecule has 0 atom stereocenters. The maximum absolute atomic E-state index is 12.9. The first-order valence-corrected chi connectivity index (χ1v) is 10.9. The van der Waals surface area contributed by atoms with Crippen molar-refractivity contribution in [1.82, 2.24) is 9.97 Å². The third-order valence-electron chi connectivity index (χ3n) is 4.97. The van der Waals surface area contributed by atoms with Gasteiger partial charge in [0.2, 0.25) is 0 Å². The molecule has 0 aliphatic rings. The zero-order valence-electron chi connectivity index (χ0n) is 16.8. The van der Waals surface area contributed by atoms with Gasteiger partial charge < -0.3 is 15.6 Å². The molecule has 0 saturated heterocycles. The van der Waals surface area contributed by atoms with Crippen molar-refractivity contribution in [3.05, 3.63) is 101 Å². The number of hydrogen-bond acceptors (Lipinski definition) is 4. The molecule has 6 nitrogen and oxygen atoms in total. The average molecular weight is 439 g/mol. The number of fused-ring (bicyclic) bond motifs is 1. The molecular weight excluding hydrogens is 420 g/mol. The summed E-state index contributed by atoms with van der Waals surface area (Å²) in [6.45, 7) is 0. The van der Waals surface area contributed by atoms with E-state index in [1.165, 1.54) is 11.3 Å². The molecule has 0 aliphatic heterocycles. The van der Waals surface area contributed by atoms with E-state index in [2.05, 4.69) is 20.6 Å². The Kier molecular flexibility index (Phi) is 5.23. The smallest absolute Gasteiger partial charge is 0.265 e. The molecule has 2 aromatic heterocycles. The summed E-state index contributed by atoms with van der Waals surface area (Å²) in [5.74, 6) is 0.274. The fourth-order valence-electron chi connectivity index (χ4n) is 3.38. The number of aromatic nitrogens is 2. The van der Waals surface area contributed by atoms with Gasteiger partial charge in [0.1, 0.15) is 5.82 Å². The van der Waals surface area contributed by atoms with Crippen molar-refractivity contribution in [3.8, 4) is 11.4 Å². The number of nitrogens with one attached hydrogen (secondary N) is 3. The van der Waals surface area contributed by atoms with Crippen LogP contribution in [0.5, 0.6) is 0 Å². The minimum atomic E-state index is -0.246. The summed E-state index contributed by atoms with van der Waals surface area (Å²) in [6.07, 6.45) is 0. The summed E-state index contributed by atoms with van der Waals surface area (Å²) in [6, 6.07) is 25.7. The molecule has 7 heteroatoms. The number of benzene rings is 3. The lowest BCUT2D eigenvalue weighted by Crippen LogP contribution is -2.13. The highest BCUT2D eigenvalue weighted by molar-refractivity contribution is 7.12. The van der Waals surface area contributed by atoms with Crippen LogP contribution in [0.2, 0.25) is 0 Å². The molecule has 0 bridgehead atoms. The number of carbonyl (C=O) groups excluding carboxylic acids is 2. The minimum Gasteiger partial charge on any atom is -0.338 e. The molecule has 3 N–H and O–H groups in total. The zero-order valence-corrected chi connectivity index (χ0v) is 17.6. The van der Waals surface area contributed by atoms with Crippen molar-refractivity contribution < 1.29 is 9.59 Å². The van der Waals surface area contributed by atoms with Gasteiger partial charge in [0, 0.05) is 16.8 Å². The Bertz CT molecular complexity index is 1370. The van der Waals surface area contributed by atoms with Crippen molar-refractivity contribution in [2.24, 2.45) is 0 Å². The average Bonchev–Trinajstić information content (AvgIpc) is 3.50. The number of hydrogen-bond donors (Lipinski definition) is 3. The van der Waals surface area contributed by atoms with Gasteiger partial charge >= 0.3 is 0 Å². The molecule has 5 rings (SSSR count). The first-order valence-electron chi connectivity index (χ1n) is 9.98. The summed E-state index contributed by atoms with van der Waals surface area (Å²) in [5, 5.41) is 7.65. The van der Waals surface area contributed by atoms with Crippen molar-refractivity contribution in [3.63, 3.8) is 0 Å². The van der Waals surface area contributed by atoms with Gasteiger partial charge in [0.15, 0.2) is 0 Å². The number of carbonyl (C=O) groups is 2. The van der Waals surface area contributed by atoms with Gasteiger partial charge in [-0.1, -0.05) is 30.3 Å². The lowest BCUT2D eigenvalue weighted by atomic mass is 10.1. The number of aromatic amines is 1. The van der Waals surface area contributed by atoms with Crippen molar-refractivity contribution in [2.45, 2.75) is 0 Å². The normalized spacial score (nSPS) is 10.8. The van der Waals surface area contributed by atoms with E-state index in [4.69, 9.17) is 0 Å². The number of rotatable bonds is 5. The van der Waals surface area contributed by atoms with Crippen LogP contribution in [-0.2, 0) is 0 Å².